The van der Waals surface area contributed by atoms with Gasteiger partial charge >= 0.3 is 0 Å². The first-order valence-corrected chi connectivity index (χ1v) is 7.15. The van der Waals surface area contributed by atoms with Crippen molar-refractivity contribution in [3.63, 3.8) is 0 Å². The number of hydrogen-bond acceptors (Lipinski definition) is 3. The largest absolute Gasteiger partial charge is 0.508 e. The highest BCUT2D eigenvalue weighted by atomic mass is 16.3. The van der Waals surface area contributed by atoms with Crippen LogP contribution in [0.25, 0.3) is 0 Å². The van der Waals surface area contributed by atoms with Crippen molar-refractivity contribution in [3.8, 4) is 5.75 Å². The SMILES string of the molecule is O=C(CCc1ccccc1)CC(O)Cc1ccc(O)cc1. The molecule has 0 aliphatic rings. The molecule has 0 spiro atoms. The van der Waals surface area contributed by atoms with Gasteiger partial charge in [-0.15, -0.1) is 0 Å². The molecule has 0 aromatic heterocycles. The number of aryl methyl sites for hydroxylation is 1. The Hall–Kier alpha value is -2.13. The van der Waals surface area contributed by atoms with Crippen molar-refractivity contribution in [1.82, 2.24) is 0 Å². The van der Waals surface area contributed by atoms with Crippen molar-refractivity contribution in [2.75, 3.05) is 0 Å². The van der Waals surface area contributed by atoms with Crippen LogP contribution in [-0.4, -0.2) is 22.1 Å². The number of aromatic hydroxyl groups is 1. The molecule has 1 unspecified atom stereocenters. The van der Waals surface area contributed by atoms with Gasteiger partial charge in [-0.25, -0.2) is 0 Å². The number of carbonyl (C=O) groups excluding carboxylic acids is 1. The lowest BCUT2D eigenvalue weighted by molar-refractivity contribution is -0.120. The van der Waals surface area contributed by atoms with Gasteiger partial charge in [0, 0.05) is 12.8 Å². The van der Waals surface area contributed by atoms with Crippen LogP contribution in [0.15, 0.2) is 54.6 Å². The molecule has 0 saturated carbocycles. The van der Waals surface area contributed by atoms with Crippen molar-refractivity contribution >= 4 is 5.78 Å². The predicted molar refractivity (Wildman–Crippen MR) is 82.2 cm³/mol. The maximum absolute atomic E-state index is 11.9. The molecule has 0 aliphatic heterocycles. The first-order valence-electron chi connectivity index (χ1n) is 7.15. The van der Waals surface area contributed by atoms with Crippen LogP contribution in [0, 0.1) is 0 Å². The molecule has 2 aromatic rings. The molecule has 3 heteroatoms. The fraction of sp³-hybridized carbons (Fsp3) is 0.278. The van der Waals surface area contributed by atoms with Crippen LogP contribution in [0.5, 0.6) is 5.75 Å². The molecule has 110 valence electrons. The molecule has 2 N–H and O–H groups in total. The van der Waals surface area contributed by atoms with E-state index in [1.807, 2.05) is 30.3 Å². The summed E-state index contributed by atoms with van der Waals surface area (Å²) in [5.74, 6) is 0.275. The minimum Gasteiger partial charge on any atom is -0.508 e. The number of aliphatic hydroxyl groups excluding tert-OH is 1. The van der Waals surface area contributed by atoms with Gasteiger partial charge in [-0.3, -0.25) is 4.79 Å². The Morgan fingerprint density at radius 2 is 1.62 bits per heavy atom. The molecule has 0 fully saturated rings. The van der Waals surface area contributed by atoms with Crippen LogP contribution in [0.3, 0.4) is 0 Å². The van der Waals surface area contributed by atoms with Gasteiger partial charge in [-0.1, -0.05) is 42.5 Å². The summed E-state index contributed by atoms with van der Waals surface area (Å²) in [6, 6.07) is 16.5. The number of aliphatic hydroxyl groups is 1. The highest BCUT2D eigenvalue weighted by Crippen LogP contribution is 2.13. The van der Waals surface area contributed by atoms with E-state index < -0.39 is 6.10 Å². The molecule has 0 aliphatic carbocycles. The van der Waals surface area contributed by atoms with Gasteiger partial charge < -0.3 is 10.2 Å². The van der Waals surface area contributed by atoms with E-state index in [-0.39, 0.29) is 18.0 Å². The molecule has 0 bridgehead atoms. The minimum absolute atomic E-state index is 0.0742. The van der Waals surface area contributed by atoms with E-state index in [0.29, 0.717) is 19.3 Å². The maximum Gasteiger partial charge on any atom is 0.135 e. The van der Waals surface area contributed by atoms with Crippen LogP contribution < -0.4 is 0 Å². The zero-order valence-electron chi connectivity index (χ0n) is 11.9. The van der Waals surface area contributed by atoms with E-state index in [1.54, 1.807) is 24.3 Å². The van der Waals surface area contributed by atoms with Gasteiger partial charge in [-0.2, -0.15) is 0 Å². The monoisotopic (exact) mass is 284 g/mol. The lowest BCUT2D eigenvalue weighted by Gasteiger charge is -2.10. The molecule has 0 radical (unpaired) electrons. The van der Waals surface area contributed by atoms with Gasteiger partial charge in [0.05, 0.1) is 6.10 Å². The predicted octanol–water partition coefficient (Wildman–Crippen LogP) is 2.89. The Morgan fingerprint density at radius 3 is 2.29 bits per heavy atom. The summed E-state index contributed by atoms with van der Waals surface area (Å²) < 4.78 is 0. The topological polar surface area (TPSA) is 57.5 Å². The molecule has 0 saturated heterocycles. The standard InChI is InChI=1S/C18H20O3/c19-16-9-7-15(8-10-16)12-18(21)13-17(20)11-6-14-4-2-1-3-5-14/h1-5,7-10,18-19,21H,6,11-13H2. The van der Waals surface area contributed by atoms with Crippen molar-refractivity contribution in [3.05, 3.63) is 65.7 Å². The number of ketones is 1. The van der Waals surface area contributed by atoms with Gasteiger partial charge in [0.1, 0.15) is 11.5 Å². The molecule has 21 heavy (non-hydrogen) atoms. The summed E-state index contributed by atoms with van der Waals surface area (Å²) in [4.78, 5) is 11.9. The second-order valence-corrected chi connectivity index (χ2v) is 5.25. The lowest BCUT2D eigenvalue weighted by Crippen LogP contribution is -2.16. The van der Waals surface area contributed by atoms with Crippen molar-refractivity contribution in [2.24, 2.45) is 0 Å². The van der Waals surface area contributed by atoms with E-state index in [4.69, 9.17) is 0 Å². The molecule has 0 amide bonds. The van der Waals surface area contributed by atoms with Crippen LogP contribution in [0.1, 0.15) is 24.0 Å². The highest BCUT2D eigenvalue weighted by molar-refractivity contribution is 5.79. The Kier molecular flexibility index (Phi) is 5.52. The number of phenolic OH excluding ortho intramolecular Hbond substituents is 1. The number of rotatable bonds is 7. The number of benzene rings is 2. The summed E-state index contributed by atoms with van der Waals surface area (Å²) >= 11 is 0. The second-order valence-electron chi connectivity index (χ2n) is 5.25. The van der Waals surface area contributed by atoms with Crippen LogP contribution in [0.4, 0.5) is 0 Å². The summed E-state index contributed by atoms with van der Waals surface area (Å²) in [6.07, 6.45) is 1.10. The highest BCUT2D eigenvalue weighted by Gasteiger charge is 2.11. The quantitative estimate of drug-likeness (QED) is 0.822. The first kappa shape index (κ1) is 15.3. The van der Waals surface area contributed by atoms with Crippen LogP contribution in [-0.2, 0) is 17.6 Å². The van der Waals surface area contributed by atoms with Crippen LogP contribution in [0.2, 0.25) is 0 Å². The average molecular weight is 284 g/mol. The molecular weight excluding hydrogens is 264 g/mol. The van der Waals surface area contributed by atoms with Gasteiger partial charge in [0.15, 0.2) is 0 Å². The van der Waals surface area contributed by atoms with Crippen molar-refractivity contribution < 1.29 is 15.0 Å². The summed E-state index contributed by atoms with van der Waals surface area (Å²) in [6.45, 7) is 0. The first-order chi connectivity index (χ1) is 10.1. The third-order valence-corrected chi connectivity index (χ3v) is 3.41. The Labute approximate surface area is 124 Å². The third-order valence-electron chi connectivity index (χ3n) is 3.41. The number of hydrogen-bond donors (Lipinski definition) is 2. The maximum atomic E-state index is 11.9. The summed E-state index contributed by atoms with van der Waals surface area (Å²) in [5.41, 5.74) is 2.05. The zero-order chi connectivity index (χ0) is 15.1. The molecule has 0 heterocycles. The smallest absolute Gasteiger partial charge is 0.135 e. The van der Waals surface area contributed by atoms with E-state index in [0.717, 1.165) is 11.1 Å². The van der Waals surface area contributed by atoms with E-state index >= 15 is 0 Å². The fourth-order valence-corrected chi connectivity index (χ4v) is 2.27. The lowest BCUT2D eigenvalue weighted by atomic mass is 10.0. The Bertz CT molecular complexity index is 561. The Balaban J connectivity index is 1.75. The zero-order valence-corrected chi connectivity index (χ0v) is 11.9. The second kappa shape index (κ2) is 7.60. The average Bonchev–Trinajstić information content (AvgIpc) is 2.48. The van der Waals surface area contributed by atoms with Crippen molar-refractivity contribution in [2.45, 2.75) is 31.8 Å². The summed E-state index contributed by atoms with van der Waals surface area (Å²) in [7, 11) is 0. The van der Waals surface area contributed by atoms with Gasteiger partial charge in [-0.05, 0) is 36.1 Å². The third kappa shape index (κ3) is 5.40. The molecule has 1 atom stereocenters. The van der Waals surface area contributed by atoms with Crippen LogP contribution >= 0.6 is 0 Å². The summed E-state index contributed by atoms with van der Waals surface area (Å²) in [5, 5.41) is 19.2. The van der Waals surface area contributed by atoms with E-state index in [2.05, 4.69) is 0 Å². The normalized spacial score (nSPS) is 12.0. The van der Waals surface area contributed by atoms with E-state index in [9.17, 15) is 15.0 Å². The van der Waals surface area contributed by atoms with E-state index in [1.165, 1.54) is 0 Å². The van der Waals surface area contributed by atoms with Crippen molar-refractivity contribution in [1.29, 1.82) is 0 Å². The fourth-order valence-electron chi connectivity index (χ4n) is 2.27. The molecule has 3 nitrogen and oxygen atoms in total. The molecular formula is C18H20O3. The van der Waals surface area contributed by atoms with Gasteiger partial charge in [0.25, 0.3) is 0 Å². The molecule has 2 rings (SSSR count). The minimum atomic E-state index is -0.669. The number of carbonyl (C=O) groups is 1. The molecule has 2 aromatic carbocycles. The number of Topliss-reactive ketones (excluding diaryl/α,β-unsaturated/α-hetero) is 1. The van der Waals surface area contributed by atoms with Gasteiger partial charge in [0.2, 0.25) is 0 Å². The number of phenols is 1. The Morgan fingerprint density at radius 1 is 0.952 bits per heavy atom.